The van der Waals surface area contributed by atoms with Crippen LogP contribution in [0.2, 0.25) is 0 Å². The van der Waals surface area contributed by atoms with Crippen molar-refractivity contribution < 1.29 is 9.90 Å². The van der Waals surface area contributed by atoms with Crippen LogP contribution in [0.4, 0.5) is 0 Å². The normalized spacial score (nSPS) is 16.5. The van der Waals surface area contributed by atoms with E-state index in [2.05, 4.69) is 13.8 Å². The summed E-state index contributed by atoms with van der Waals surface area (Å²) in [6.07, 6.45) is 0.731. The first kappa shape index (κ1) is 10.5. The summed E-state index contributed by atoms with van der Waals surface area (Å²) in [5.74, 6) is -0.0998. The van der Waals surface area contributed by atoms with Gasteiger partial charge in [-0.2, -0.15) is 0 Å². The van der Waals surface area contributed by atoms with Gasteiger partial charge >= 0.3 is 5.97 Å². The Morgan fingerprint density at radius 2 is 1.82 bits per heavy atom. The van der Waals surface area contributed by atoms with Gasteiger partial charge in [-0.05, 0) is 18.3 Å². The Kier molecular flexibility index (Phi) is 4.16. The molecular weight excluding hydrogens is 140 g/mol. The zero-order valence-corrected chi connectivity index (χ0v) is 7.79. The van der Waals surface area contributed by atoms with E-state index in [1.807, 2.05) is 13.8 Å². The highest BCUT2D eigenvalue weighted by Crippen LogP contribution is 2.22. The monoisotopic (exact) mass is 158 g/mol. The fraction of sp³-hybridized carbons (Fsp3) is 0.889. The van der Waals surface area contributed by atoms with Crippen molar-refractivity contribution >= 4 is 5.97 Å². The van der Waals surface area contributed by atoms with Crippen LogP contribution in [0.15, 0.2) is 0 Å². The van der Waals surface area contributed by atoms with E-state index in [9.17, 15) is 4.79 Å². The number of rotatable bonds is 4. The van der Waals surface area contributed by atoms with E-state index < -0.39 is 5.97 Å². The minimum absolute atomic E-state index is 0.171. The summed E-state index contributed by atoms with van der Waals surface area (Å²) >= 11 is 0. The third kappa shape index (κ3) is 2.91. The van der Waals surface area contributed by atoms with Crippen molar-refractivity contribution in [2.75, 3.05) is 0 Å². The largest absolute Gasteiger partial charge is 0.481 e. The van der Waals surface area contributed by atoms with Gasteiger partial charge in [-0.3, -0.25) is 4.79 Å². The summed E-state index contributed by atoms with van der Waals surface area (Å²) in [5.41, 5.74) is 0. The third-order valence-corrected chi connectivity index (χ3v) is 2.44. The van der Waals surface area contributed by atoms with Crippen LogP contribution in [-0.2, 0) is 4.79 Å². The molecule has 1 N–H and O–H groups in total. The molecule has 0 spiro atoms. The predicted molar refractivity (Wildman–Crippen MR) is 45.4 cm³/mol. The van der Waals surface area contributed by atoms with Crippen molar-refractivity contribution in [1.29, 1.82) is 0 Å². The SMILES string of the molecule is CCC(C(=O)O)C(C)C(C)C. The van der Waals surface area contributed by atoms with Crippen LogP contribution < -0.4 is 0 Å². The van der Waals surface area contributed by atoms with Gasteiger partial charge in [0.2, 0.25) is 0 Å². The quantitative estimate of drug-likeness (QED) is 0.682. The minimum atomic E-state index is -0.659. The number of carboxylic acid groups (broad SMARTS) is 1. The topological polar surface area (TPSA) is 37.3 Å². The second-order valence-electron chi connectivity index (χ2n) is 3.46. The van der Waals surface area contributed by atoms with Crippen LogP contribution in [0.5, 0.6) is 0 Å². The van der Waals surface area contributed by atoms with Gasteiger partial charge < -0.3 is 5.11 Å². The van der Waals surface area contributed by atoms with E-state index in [-0.39, 0.29) is 11.8 Å². The summed E-state index contributed by atoms with van der Waals surface area (Å²) in [7, 11) is 0. The second-order valence-corrected chi connectivity index (χ2v) is 3.46. The Balaban J connectivity index is 4.14. The van der Waals surface area contributed by atoms with Crippen LogP contribution in [0, 0.1) is 17.8 Å². The van der Waals surface area contributed by atoms with E-state index in [1.54, 1.807) is 0 Å². The molecule has 0 fully saturated rings. The molecule has 66 valence electrons. The lowest BCUT2D eigenvalue weighted by Gasteiger charge is -2.21. The summed E-state index contributed by atoms with van der Waals surface area (Å²) in [4.78, 5) is 10.7. The molecule has 0 aliphatic heterocycles. The molecule has 0 aliphatic rings. The lowest BCUT2D eigenvalue weighted by atomic mass is 9.83. The molecule has 0 radical (unpaired) electrons. The van der Waals surface area contributed by atoms with Crippen LogP contribution >= 0.6 is 0 Å². The molecule has 0 saturated carbocycles. The van der Waals surface area contributed by atoms with E-state index >= 15 is 0 Å². The van der Waals surface area contributed by atoms with Crippen molar-refractivity contribution in [3.63, 3.8) is 0 Å². The molecule has 0 heterocycles. The molecule has 2 atom stereocenters. The summed E-state index contributed by atoms with van der Waals surface area (Å²) < 4.78 is 0. The zero-order valence-electron chi connectivity index (χ0n) is 7.79. The Hall–Kier alpha value is -0.530. The Morgan fingerprint density at radius 1 is 1.36 bits per heavy atom. The van der Waals surface area contributed by atoms with E-state index in [0.29, 0.717) is 5.92 Å². The average molecular weight is 158 g/mol. The fourth-order valence-electron chi connectivity index (χ4n) is 1.24. The molecular formula is C9H18O2. The highest BCUT2D eigenvalue weighted by atomic mass is 16.4. The molecule has 0 amide bonds. The fourth-order valence-corrected chi connectivity index (χ4v) is 1.24. The zero-order chi connectivity index (χ0) is 9.02. The summed E-state index contributed by atoms with van der Waals surface area (Å²) in [5, 5.41) is 8.79. The number of aliphatic carboxylic acids is 1. The standard InChI is InChI=1S/C9H18O2/c1-5-8(9(10)11)7(4)6(2)3/h6-8H,5H2,1-4H3,(H,10,11). The Bertz CT molecular complexity index is 130. The van der Waals surface area contributed by atoms with Crippen LogP contribution in [0.1, 0.15) is 34.1 Å². The Morgan fingerprint density at radius 3 is 1.91 bits per heavy atom. The number of hydrogen-bond acceptors (Lipinski definition) is 1. The highest BCUT2D eigenvalue weighted by molar-refractivity contribution is 5.70. The first-order valence-electron chi connectivity index (χ1n) is 4.23. The molecule has 0 saturated heterocycles. The van der Waals surface area contributed by atoms with Crippen molar-refractivity contribution in [3.05, 3.63) is 0 Å². The van der Waals surface area contributed by atoms with Crippen molar-refractivity contribution in [2.45, 2.75) is 34.1 Å². The van der Waals surface area contributed by atoms with Gasteiger partial charge in [0.1, 0.15) is 0 Å². The number of carbonyl (C=O) groups is 1. The van der Waals surface area contributed by atoms with Crippen molar-refractivity contribution in [1.82, 2.24) is 0 Å². The highest BCUT2D eigenvalue weighted by Gasteiger charge is 2.24. The minimum Gasteiger partial charge on any atom is -0.481 e. The molecule has 0 bridgehead atoms. The lowest BCUT2D eigenvalue weighted by Crippen LogP contribution is -2.24. The first-order valence-corrected chi connectivity index (χ1v) is 4.23. The van der Waals surface area contributed by atoms with Gasteiger partial charge in [0.05, 0.1) is 5.92 Å². The second kappa shape index (κ2) is 4.37. The van der Waals surface area contributed by atoms with Gasteiger partial charge in [-0.15, -0.1) is 0 Å². The van der Waals surface area contributed by atoms with Crippen LogP contribution in [-0.4, -0.2) is 11.1 Å². The molecule has 2 heteroatoms. The molecule has 0 rings (SSSR count). The van der Waals surface area contributed by atoms with E-state index in [1.165, 1.54) is 0 Å². The van der Waals surface area contributed by atoms with Gasteiger partial charge in [-0.25, -0.2) is 0 Å². The number of carboxylic acids is 1. The molecule has 0 aromatic carbocycles. The van der Waals surface area contributed by atoms with Crippen LogP contribution in [0.3, 0.4) is 0 Å². The van der Waals surface area contributed by atoms with Crippen molar-refractivity contribution in [2.24, 2.45) is 17.8 Å². The molecule has 0 aliphatic carbocycles. The smallest absolute Gasteiger partial charge is 0.306 e. The Labute approximate surface area is 68.6 Å². The molecule has 0 aromatic rings. The van der Waals surface area contributed by atoms with Crippen LogP contribution in [0.25, 0.3) is 0 Å². The van der Waals surface area contributed by atoms with E-state index in [4.69, 9.17) is 5.11 Å². The first-order chi connectivity index (χ1) is 5.00. The molecule has 2 nitrogen and oxygen atoms in total. The molecule has 11 heavy (non-hydrogen) atoms. The maximum atomic E-state index is 10.7. The average Bonchev–Trinajstić information content (AvgIpc) is 1.88. The van der Waals surface area contributed by atoms with Crippen molar-refractivity contribution in [3.8, 4) is 0 Å². The van der Waals surface area contributed by atoms with Gasteiger partial charge in [0.15, 0.2) is 0 Å². The maximum absolute atomic E-state index is 10.7. The predicted octanol–water partition coefficient (Wildman–Crippen LogP) is 2.39. The van der Waals surface area contributed by atoms with E-state index in [0.717, 1.165) is 6.42 Å². The number of hydrogen-bond donors (Lipinski definition) is 1. The summed E-state index contributed by atoms with van der Waals surface area (Å²) in [6.45, 7) is 8.07. The van der Waals surface area contributed by atoms with Gasteiger partial charge in [-0.1, -0.05) is 27.7 Å². The third-order valence-electron chi connectivity index (χ3n) is 2.44. The van der Waals surface area contributed by atoms with Gasteiger partial charge in [0, 0.05) is 0 Å². The maximum Gasteiger partial charge on any atom is 0.306 e. The summed E-state index contributed by atoms with van der Waals surface area (Å²) in [6, 6.07) is 0. The lowest BCUT2D eigenvalue weighted by molar-refractivity contribution is -0.144. The van der Waals surface area contributed by atoms with Gasteiger partial charge in [0.25, 0.3) is 0 Å². The molecule has 0 aromatic heterocycles. The molecule has 2 unspecified atom stereocenters.